The summed E-state index contributed by atoms with van der Waals surface area (Å²) in [6, 6.07) is 11.6. The van der Waals surface area contributed by atoms with E-state index < -0.39 is 0 Å². The van der Waals surface area contributed by atoms with Crippen LogP contribution in [0.15, 0.2) is 52.2 Å². The van der Waals surface area contributed by atoms with Crippen molar-refractivity contribution in [2.75, 3.05) is 29.1 Å². The van der Waals surface area contributed by atoms with E-state index in [2.05, 4.69) is 34.3 Å². The van der Waals surface area contributed by atoms with Crippen molar-refractivity contribution in [3.05, 3.63) is 42.7 Å². The van der Waals surface area contributed by atoms with E-state index in [-0.39, 0.29) is 11.7 Å². The number of carbonyl (C=O) groups is 1. The monoisotopic (exact) mass is 399 g/mol. The fourth-order valence-corrected chi connectivity index (χ4v) is 3.74. The SMILES string of the molecule is CCN(CC)c1ccc(NC(=O)CSc2nnc(-c3ccco3)n2CC)cc1. The minimum atomic E-state index is -0.0780. The van der Waals surface area contributed by atoms with Gasteiger partial charge in [-0.25, -0.2) is 0 Å². The number of hydrogen-bond donors (Lipinski definition) is 1. The molecule has 0 saturated heterocycles. The Labute approximate surface area is 169 Å². The van der Waals surface area contributed by atoms with Crippen LogP contribution in [0.25, 0.3) is 11.6 Å². The van der Waals surface area contributed by atoms with Crippen molar-refractivity contribution in [1.82, 2.24) is 14.8 Å². The van der Waals surface area contributed by atoms with Gasteiger partial charge in [0.1, 0.15) is 0 Å². The van der Waals surface area contributed by atoms with Crippen molar-refractivity contribution in [3.8, 4) is 11.6 Å². The Kier molecular flexibility index (Phi) is 6.76. The number of furan rings is 1. The summed E-state index contributed by atoms with van der Waals surface area (Å²) in [6.07, 6.45) is 1.61. The largest absolute Gasteiger partial charge is 0.461 e. The van der Waals surface area contributed by atoms with E-state index in [1.165, 1.54) is 11.8 Å². The van der Waals surface area contributed by atoms with Gasteiger partial charge in [-0.05, 0) is 57.2 Å². The third kappa shape index (κ3) is 4.56. The molecule has 2 aromatic heterocycles. The van der Waals surface area contributed by atoms with Crippen molar-refractivity contribution in [3.63, 3.8) is 0 Å². The Morgan fingerprint density at radius 2 is 1.89 bits per heavy atom. The van der Waals surface area contributed by atoms with Gasteiger partial charge in [-0.1, -0.05) is 11.8 Å². The van der Waals surface area contributed by atoms with Gasteiger partial charge in [0.2, 0.25) is 5.91 Å². The molecule has 0 spiro atoms. The highest BCUT2D eigenvalue weighted by molar-refractivity contribution is 7.99. The van der Waals surface area contributed by atoms with E-state index in [4.69, 9.17) is 4.42 Å². The maximum Gasteiger partial charge on any atom is 0.234 e. The minimum absolute atomic E-state index is 0.0780. The zero-order chi connectivity index (χ0) is 19.9. The predicted molar refractivity (Wildman–Crippen MR) is 113 cm³/mol. The lowest BCUT2D eigenvalue weighted by Crippen LogP contribution is -2.21. The molecular formula is C20H25N5O2S. The molecule has 148 valence electrons. The van der Waals surface area contributed by atoms with Crippen LogP contribution in [0.4, 0.5) is 11.4 Å². The number of thioether (sulfide) groups is 1. The summed E-state index contributed by atoms with van der Waals surface area (Å²) in [7, 11) is 0. The number of nitrogens with zero attached hydrogens (tertiary/aromatic N) is 4. The van der Waals surface area contributed by atoms with Crippen LogP contribution in [0.5, 0.6) is 0 Å². The van der Waals surface area contributed by atoms with Gasteiger partial charge >= 0.3 is 0 Å². The highest BCUT2D eigenvalue weighted by Crippen LogP contribution is 2.24. The molecule has 28 heavy (non-hydrogen) atoms. The quantitative estimate of drug-likeness (QED) is 0.545. The molecule has 0 saturated carbocycles. The standard InChI is InChI=1S/C20H25N5O2S/c1-4-24(5-2)16-11-9-15(10-12-16)21-18(26)14-28-20-23-22-19(25(20)6-3)17-8-7-13-27-17/h7-13H,4-6,14H2,1-3H3,(H,21,26). The summed E-state index contributed by atoms with van der Waals surface area (Å²) in [5.74, 6) is 1.51. The normalized spacial score (nSPS) is 10.8. The van der Waals surface area contributed by atoms with Gasteiger partial charge in [0.05, 0.1) is 12.0 Å². The van der Waals surface area contributed by atoms with E-state index in [1.807, 2.05) is 47.9 Å². The second-order valence-electron chi connectivity index (χ2n) is 6.08. The summed E-state index contributed by atoms with van der Waals surface area (Å²) in [6.45, 7) is 8.87. The first-order valence-electron chi connectivity index (χ1n) is 9.41. The Morgan fingerprint density at radius 1 is 1.14 bits per heavy atom. The Morgan fingerprint density at radius 3 is 2.50 bits per heavy atom. The second-order valence-corrected chi connectivity index (χ2v) is 7.03. The van der Waals surface area contributed by atoms with E-state index in [0.29, 0.717) is 23.3 Å². The van der Waals surface area contributed by atoms with Gasteiger partial charge in [-0.15, -0.1) is 10.2 Å². The molecule has 0 radical (unpaired) electrons. The third-order valence-corrected chi connectivity index (χ3v) is 5.35. The molecule has 0 aliphatic heterocycles. The van der Waals surface area contributed by atoms with Crippen LogP contribution in [-0.2, 0) is 11.3 Å². The molecule has 0 atom stereocenters. The summed E-state index contributed by atoms with van der Waals surface area (Å²) in [5, 5.41) is 12.0. The van der Waals surface area contributed by atoms with Crippen molar-refractivity contribution in [2.24, 2.45) is 0 Å². The zero-order valence-electron chi connectivity index (χ0n) is 16.4. The average Bonchev–Trinajstić information content (AvgIpc) is 3.37. The molecule has 0 bridgehead atoms. The van der Waals surface area contributed by atoms with E-state index in [1.54, 1.807) is 6.26 Å². The Hall–Kier alpha value is -2.74. The molecule has 8 heteroatoms. The molecule has 0 aliphatic carbocycles. The molecule has 3 rings (SSSR count). The van der Waals surface area contributed by atoms with E-state index in [9.17, 15) is 4.79 Å². The minimum Gasteiger partial charge on any atom is -0.461 e. The lowest BCUT2D eigenvalue weighted by atomic mass is 10.2. The van der Waals surface area contributed by atoms with Gasteiger partial charge in [0.15, 0.2) is 16.7 Å². The number of carbonyl (C=O) groups excluding carboxylic acids is 1. The fourth-order valence-electron chi connectivity index (χ4n) is 2.94. The molecule has 2 heterocycles. The molecule has 1 amide bonds. The summed E-state index contributed by atoms with van der Waals surface area (Å²) >= 11 is 1.36. The highest BCUT2D eigenvalue weighted by atomic mass is 32.2. The first kappa shape index (κ1) is 20.0. The van der Waals surface area contributed by atoms with Crippen molar-refractivity contribution in [1.29, 1.82) is 0 Å². The number of benzene rings is 1. The molecule has 3 aromatic rings. The van der Waals surface area contributed by atoms with Gasteiger partial charge in [0.25, 0.3) is 0 Å². The van der Waals surface area contributed by atoms with Crippen LogP contribution < -0.4 is 10.2 Å². The number of anilines is 2. The first-order valence-corrected chi connectivity index (χ1v) is 10.4. The smallest absolute Gasteiger partial charge is 0.234 e. The van der Waals surface area contributed by atoms with Crippen LogP contribution in [0.3, 0.4) is 0 Å². The van der Waals surface area contributed by atoms with Crippen LogP contribution in [-0.4, -0.2) is 39.5 Å². The maximum absolute atomic E-state index is 12.3. The maximum atomic E-state index is 12.3. The first-order chi connectivity index (χ1) is 13.7. The topological polar surface area (TPSA) is 76.2 Å². The lowest BCUT2D eigenvalue weighted by molar-refractivity contribution is -0.113. The van der Waals surface area contributed by atoms with Crippen molar-refractivity contribution >= 4 is 29.0 Å². The second kappa shape index (κ2) is 9.45. The predicted octanol–water partition coefficient (Wildman–Crippen LogP) is 4.14. The van der Waals surface area contributed by atoms with Crippen LogP contribution >= 0.6 is 11.8 Å². The van der Waals surface area contributed by atoms with Gasteiger partial charge in [0, 0.05) is 31.0 Å². The average molecular weight is 400 g/mol. The van der Waals surface area contributed by atoms with Crippen LogP contribution in [0, 0.1) is 0 Å². The molecule has 1 aromatic carbocycles. The number of hydrogen-bond acceptors (Lipinski definition) is 6. The van der Waals surface area contributed by atoms with Crippen LogP contribution in [0.1, 0.15) is 20.8 Å². The fraction of sp³-hybridized carbons (Fsp3) is 0.350. The molecule has 7 nitrogen and oxygen atoms in total. The third-order valence-electron chi connectivity index (χ3n) is 4.39. The number of nitrogens with one attached hydrogen (secondary N) is 1. The molecule has 0 aliphatic rings. The van der Waals surface area contributed by atoms with Gasteiger partial charge in [-0.2, -0.15) is 0 Å². The van der Waals surface area contributed by atoms with Gasteiger partial charge in [-0.3, -0.25) is 9.36 Å². The van der Waals surface area contributed by atoms with Crippen LogP contribution in [0.2, 0.25) is 0 Å². The van der Waals surface area contributed by atoms with E-state index in [0.717, 1.165) is 24.5 Å². The number of rotatable bonds is 9. The number of amides is 1. The van der Waals surface area contributed by atoms with Crippen molar-refractivity contribution < 1.29 is 9.21 Å². The summed E-state index contributed by atoms with van der Waals surface area (Å²) in [4.78, 5) is 14.6. The molecule has 0 unspecified atom stereocenters. The summed E-state index contributed by atoms with van der Waals surface area (Å²) < 4.78 is 7.35. The lowest BCUT2D eigenvalue weighted by Gasteiger charge is -2.21. The van der Waals surface area contributed by atoms with E-state index >= 15 is 0 Å². The summed E-state index contributed by atoms with van der Waals surface area (Å²) in [5.41, 5.74) is 1.94. The highest BCUT2D eigenvalue weighted by Gasteiger charge is 2.16. The molecule has 0 fully saturated rings. The Balaban J connectivity index is 1.59. The van der Waals surface area contributed by atoms with Gasteiger partial charge < -0.3 is 14.6 Å². The Bertz CT molecular complexity index is 886. The number of aromatic nitrogens is 3. The molecule has 1 N–H and O–H groups in total. The zero-order valence-corrected chi connectivity index (χ0v) is 17.2. The molecular weight excluding hydrogens is 374 g/mol. The van der Waals surface area contributed by atoms with Crippen molar-refractivity contribution in [2.45, 2.75) is 32.5 Å².